The maximum absolute atomic E-state index is 11.6. The zero-order chi connectivity index (χ0) is 12.7. The highest BCUT2D eigenvalue weighted by atomic mass is 16.5. The van der Waals surface area contributed by atoms with Gasteiger partial charge in [0.2, 0.25) is 0 Å². The smallest absolute Gasteiger partial charge is 0.351 e. The number of nitriles is 1. The topological polar surface area (TPSA) is 76.1 Å². The molecule has 0 heterocycles. The van der Waals surface area contributed by atoms with Crippen LogP contribution < -0.4 is 5.73 Å². The van der Waals surface area contributed by atoms with Gasteiger partial charge < -0.3 is 10.5 Å². The van der Waals surface area contributed by atoms with Crippen LogP contribution >= 0.6 is 0 Å². The Bertz CT molecular complexity index is 458. The molecule has 0 aliphatic carbocycles. The molecule has 1 rings (SSSR count). The Morgan fingerprint density at radius 3 is 2.59 bits per heavy atom. The predicted octanol–water partition coefficient (Wildman–Crippen LogP) is 1.83. The number of carbonyl (C=O) groups excluding carboxylic acids is 1. The van der Waals surface area contributed by atoms with Crippen LogP contribution in [0.15, 0.2) is 35.9 Å². The van der Waals surface area contributed by atoms with Crippen molar-refractivity contribution in [1.29, 1.82) is 5.26 Å². The molecule has 17 heavy (non-hydrogen) atoms. The SMILES string of the molecule is CCCOC(=O)C(C#N)=C(N)c1ccccc1. The van der Waals surface area contributed by atoms with E-state index in [4.69, 9.17) is 15.7 Å². The Morgan fingerprint density at radius 1 is 1.41 bits per heavy atom. The number of rotatable bonds is 4. The molecule has 0 unspecified atom stereocenters. The monoisotopic (exact) mass is 230 g/mol. The molecule has 1 aromatic carbocycles. The third-order valence-corrected chi connectivity index (χ3v) is 2.11. The minimum absolute atomic E-state index is 0.147. The number of ether oxygens (including phenoxy) is 1. The fourth-order valence-electron chi connectivity index (χ4n) is 1.24. The van der Waals surface area contributed by atoms with Crippen LogP contribution in [0.4, 0.5) is 0 Å². The van der Waals surface area contributed by atoms with Crippen LogP contribution in [-0.4, -0.2) is 12.6 Å². The van der Waals surface area contributed by atoms with Crippen molar-refractivity contribution >= 4 is 11.7 Å². The van der Waals surface area contributed by atoms with Gasteiger partial charge in [0.25, 0.3) is 0 Å². The van der Waals surface area contributed by atoms with Gasteiger partial charge in [-0.3, -0.25) is 0 Å². The Morgan fingerprint density at radius 2 is 2.06 bits per heavy atom. The van der Waals surface area contributed by atoms with Gasteiger partial charge in [-0.1, -0.05) is 37.3 Å². The van der Waals surface area contributed by atoms with Crippen molar-refractivity contribution in [2.24, 2.45) is 5.73 Å². The molecular formula is C13H14N2O2. The minimum Gasteiger partial charge on any atom is -0.462 e. The number of nitrogens with zero attached hydrogens (tertiary/aromatic N) is 1. The molecule has 4 nitrogen and oxygen atoms in total. The quantitative estimate of drug-likeness (QED) is 0.486. The highest BCUT2D eigenvalue weighted by Crippen LogP contribution is 2.13. The summed E-state index contributed by atoms with van der Waals surface area (Å²) in [6, 6.07) is 10.7. The van der Waals surface area contributed by atoms with Crippen molar-refractivity contribution in [3.05, 3.63) is 41.5 Å². The number of carbonyl (C=O) groups is 1. The van der Waals surface area contributed by atoms with Crippen LogP contribution in [0.2, 0.25) is 0 Å². The third-order valence-electron chi connectivity index (χ3n) is 2.11. The predicted molar refractivity (Wildman–Crippen MR) is 64.4 cm³/mol. The van der Waals surface area contributed by atoms with Gasteiger partial charge in [-0.25, -0.2) is 4.79 Å². The number of esters is 1. The van der Waals surface area contributed by atoms with Crippen LogP contribution in [0, 0.1) is 11.3 Å². The fourth-order valence-corrected chi connectivity index (χ4v) is 1.24. The van der Waals surface area contributed by atoms with E-state index in [1.807, 2.05) is 13.0 Å². The Balaban J connectivity index is 3.00. The van der Waals surface area contributed by atoms with Crippen LogP contribution in [0.5, 0.6) is 0 Å². The van der Waals surface area contributed by atoms with Crippen molar-refractivity contribution in [2.45, 2.75) is 13.3 Å². The van der Waals surface area contributed by atoms with Crippen molar-refractivity contribution in [1.82, 2.24) is 0 Å². The largest absolute Gasteiger partial charge is 0.462 e. The van der Waals surface area contributed by atoms with Crippen LogP contribution in [0.1, 0.15) is 18.9 Å². The summed E-state index contributed by atoms with van der Waals surface area (Å²) in [6.07, 6.45) is 0.704. The summed E-state index contributed by atoms with van der Waals surface area (Å²) in [6.45, 7) is 2.16. The molecule has 0 aliphatic heterocycles. The normalized spacial score (nSPS) is 11.3. The van der Waals surface area contributed by atoms with E-state index in [2.05, 4.69) is 0 Å². The molecule has 0 bridgehead atoms. The van der Waals surface area contributed by atoms with E-state index in [9.17, 15) is 4.79 Å². The molecule has 0 fully saturated rings. The van der Waals surface area contributed by atoms with Crippen LogP contribution in [-0.2, 0) is 9.53 Å². The van der Waals surface area contributed by atoms with Crippen molar-refractivity contribution in [3.63, 3.8) is 0 Å². The number of hydrogen-bond acceptors (Lipinski definition) is 4. The summed E-state index contributed by atoms with van der Waals surface area (Å²) in [4.78, 5) is 11.6. The maximum Gasteiger partial charge on any atom is 0.351 e. The summed E-state index contributed by atoms with van der Waals surface area (Å²) >= 11 is 0. The van der Waals surface area contributed by atoms with Gasteiger partial charge in [0.1, 0.15) is 6.07 Å². The number of benzene rings is 1. The summed E-state index contributed by atoms with van der Waals surface area (Å²) in [7, 11) is 0. The van der Waals surface area contributed by atoms with Gasteiger partial charge in [0.15, 0.2) is 5.57 Å². The first kappa shape index (κ1) is 12.8. The number of hydrogen-bond donors (Lipinski definition) is 1. The lowest BCUT2D eigenvalue weighted by atomic mass is 10.1. The molecule has 88 valence electrons. The van der Waals surface area contributed by atoms with Gasteiger partial charge >= 0.3 is 5.97 Å². The first-order valence-corrected chi connectivity index (χ1v) is 5.33. The van der Waals surface area contributed by atoms with Crippen LogP contribution in [0.3, 0.4) is 0 Å². The van der Waals surface area contributed by atoms with Gasteiger partial charge in [-0.2, -0.15) is 5.26 Å². The average molecular weight is 230 g/mol. The van der Waals surface area contributed by atoms with E-state index in [1.165, 1.54) is 0 Å². The molecule has 2 N–H and O–H groups in total. The van der Waals surface area contributed by atoms with E-state index < -0.39 is 5.97 Å². The summed E-state index contributed by atoms with van der Waals surface area (Å²) in [5.41, 5.74) is 6.41. The second-order valence-corrected chi connectivity index (χ2v) is 3.40. The van der Waals surface area contributed by atoms with E-state index in [1.54, 1.807) is 30.3 Å². The lowest BCUT2D eigenvalue weighted by molar-refractivity contribution is -0.138. The van der Waals surface area contributed by atoms with E-state index in [0.29, 0.717) is 12.0 Å². The van der Waals surface area contributed by atoms with E-state index in [-0.39, 0.29) is 17.9 Å². The summed E-state index contributed by atoms with van der Waals surface area (Å²) in [5, 5.41) is 8.94. The van der Waals surface area contributed by atoms with Gasteiger partial charge in [0.05, 0.1) is 12.3 Å². The summed E-state index contributed by atoms with van der Waals surface area (Å²) in [5.74, 6) is -0.671. The molecule has 0 amide bonds. The lowest BCUT2D eigenvalue weighted by Crippen LogP contribution is -2.13. The van der Waals surface area contributed by atoms with E-state index in [0.717, 1.165) is 0 Å². The van der Waals surface area contributed by atoms with E-state index >= 15 is 0 Å². The molecule has 0 saturated carbocycles. The second kappa shape index (κ2) is 6.33. The van der Waals surface area contributed by atoms with Gasteiger partial charge in [-0.05, 0) is 12.0 Å². The van der Waals surface area contributed by atoms with Crippen LogP contribution in [0.25, 0.3) is 5.70 Å². The van der Waals surface area contributed by atoms with Crippen molar-refractivity contribution < 1.29 is 9.53 Å². The Hall–Kier alpha value is -2.28. The first-order chi connectivity index (χ1) is 8.20. The highest BCUT2D eigenvalue weighted by Gasteiger charge is 2.15. The molecule has 0 aromatic heterocycles. The minimum atomic E-state index is -0.671. The highest BCUT2D eigenvalue weighted by molar-refractivity contribution is 6.00. The molecule has 0 atom stereocenters. The summed E-state index contributed by atoms with van der Waals surface area (Å²) < 4.78 is 4.89. The zero-order valence-electron chi connectivity index (χ0n) is 9.64. The molecule has 0 spiro atoms. The average Bonchev–Trinajstić information content (AvgIpc) is 2.38. The third kappa shape index (κ3) is 3.35. The lowest BCUT2D eigenvalue weighted by Gasteiger charge is -2.05. The van der Waals surface area contributed by atoms with Gasteiger partial charge in [0, 0.05) is 0 Å². The molecular weight excluding hydrogens is 216 g/mol. The van der Waals surface area contributed by atoms with Gasteiger partial charge in [-0.15, -0.1) is 0 Å². The second-order valence-electron chi connectivity index (χ2n) is 3.40. The molecule has 0 saturated heterocycles. The standard InChI is InChI=1S/C13H14N2O2/c1-2-8-17-13(16)11(9-14)12(15)10-6-4-3-5-7-10/h3-7H,2,8,15H2,1H3. The Kier molecular flexibility index (Phi) is 4.77. The fraction of sp³-hybridized carbons (Fsp3) is 0.231. The van der Waals surface area contributed by atoms with Crippen molar-refractivity contribution in [2.75, 3.05) is 6.61 Å². The van der Waals surface area contributed by atoms with Crippen molar-refractivity contribution in [3.8, 4) is 6.07 Å². The molecule has 0 radical (unpaired) electrons. The Labute approximate surface area is 100 Å². The zero-order valence-corrected chi connectivity index (χ0v) is 9.64. The first-order valence-electron chi connectivity index (χ1n) is 5.33. The maximum atomic E-state index is 11.6. The number of nitrogens with two attached hydrogens (primary N) is 1. The molecule has 4 heteroatoms. The molecule has 0 aliphatic rings. The molecule has 1 aromatic rings.